The van der Waals surface area contributed by atoms with E-state index in [1.54, 1.807) is 12.1 Å². The van der Waals surface area contributed by atoms with E-state index in [1.807, 2.05) is 19.9 Å². The zero-order valence-corrected chi connectivity index (χ0v) is 15.5. The molecule has 0 saturated heterocycles. The summed E-state index contributed by atoms with van der Waals surface area (Å²) in [5.41, 5.74) is 2.63. The highest BCUT2D eigenvalue weighted by Gasteiger charge is 2.25. The van der Waals surface area contributed by atoms with Gasteiger partial charge in [-0.1, -0.05) is 17.7 Å². The van der Waals surface area contributed by atoms with E-state index in [-0.39, 0.29) is 27.4 Å². The Morgan fingerprint density at radius 1 is 1.08 bits per heavy atom. The van der Waals surface area contributed by atoms with Crippen LogP contribution in [0.4, 0.5) is 5.69 Å². The molecule has 5 nitrogen and oxygen atoms in total. The smallest absolute Gasteiger partial charge is 0.263 e. The molecule has 0 spiro atoms. The minimum absolute atomic E-state index is 0.0693. The van der Waals surface area contributed by atoms with Gasteiger partial charge in [-0.2, -0.15) is 0 Å². The van der Waals surface area contributed by atoms with Crippen LogP contribution >= 0.6 is 11.6 Å². The Morgan fingerprint density at radius 2 is 1.72 bits per heavy atom. The predicted molar refractivity (Wildman–Crippen MR) is 98.7 cm³/mol. The van der Waals surface area contributed by atoms with Crippen LogP contribution in [-0.2, 0) is 10.0 Å². The number of aryl methyl sites for hydroxylation is 2. The van der Waals surface area contributed by atoms with E-state index in [2.05, 4.69) is 10.0 Å². The van der Waals surface area contributed by atoms with Crippen molar-refractivity contribution in [2.45, 2.75) is 37.6 Å². The van der Waals surface area contributed by atoms with Crippen molar-refractivity contribution >= 4 is 33.2 Å². The average molecular weight is 379 g/mol. The first kappa shape index (κ1) is 17.8. The zero-order valence-electron chi connectivity index (χ0n) is 14.0. The van der Waals surface area contributed by atoms with E-state index >= 15 is 0 Å². The second kappa shape index (κ2) is 6.69. The molecule has 3 rings (SSSR count). The van der Waals surface area contributed by atoms with Gasteiger partial charge in [0.05, 0.1) is 5.02 Å². The van der Waals surface area contributed by atoms with Gasteiger partial charge >= 0.3 is 0 Å². The quantitative estimate of drug-likeness (QED) is 0.833. The van der Waals surface area contributed by atoms with Gasteiger partial charge < -0.3 is 5.32 Å². The van der Waals surface area contributed by atoms with E-state index in [4.69, 9.17) is 11.6 Å². The molecule has 25 heavy (non-hydrogen) atoms. The van der Waals surface area contributed by atoms with Gasteiger partial charge in [0.25, 0.3) is 15.9 Å². The van der Waals surface area contributed by atoms with Gasteiger partial charge in [0.15, 0.2) is 0 Å². The standard InChI is InChI=1S/C18H19ClN2O3S/c1-11-7-12(2)9-15(8-11)21-25(23,24)17-10-13(3-6-16(17)19)18(22)20-14-4-5-14/h3,6-10,14,21H,4-5H2,1-2H3,(H,20,22). The number of anilines is 1. The highest BCUT2D eigenvalue weighted by atomic mass is 35.5. The Labute approximate surface area is 152 Å². The highest BCUT2D eigenvalue weighted by Crippen LogP contribution is 2.26. The van der Waals surface area contributed by atoms with Gasteiger partial charge in [0.1, 0.15) is 4.90 Å². The van der Waals surface area contributed by atoms with Gasteiger partial charge in [-0.3, -0.25) is 9.52 Å². The van der Waals surface area contributed by atoms with E-state index in [0.29, 0.717) is 5.69 Å². The molecule has 1 aliphatic carbocycles. The van der Waals surface area contributed by atoms with Gasteiger partial charge in [-0.25, -0.2) is 8.42 Å². The molecule has 7 heteroatoms. The molecule has 2 aromatic carbocycles. The lowest BCUT2D eigenvalue weighted by Crippen LogP contribution is -2.25. The van der Waals surface area contributed by atoms with E-state index in [9.17, 15) is 13.2 Å². The minimum atomic E-state index is -3.91. The van der Waals surface area contributed by atoms with Gasteiger partial charge in [0.2, 0.25) is 0 Å². The van der Waals surface area contributed by atoms with E-state index in [1.165, 1.54) is 18.2 Å². The molecule has 1 fully saturated rings. The van der Waals surface area contributed by atoms with Crippen molar-refractivity contribution in [1.29, 1.82) is 0 Å². The zero-order chi connectivity index (χ0) is 18.2. The molecule has 2 aromatic rings. The normalized spacial score (nSPS) is 14.2. The highest BCUT2D eigenvalue weighted by molar-refractivity contribution is 7.92. The number of benzene rings is 2. The summed E-state index contributed by atoms with van der Waals surface area (Å²) < 4.78 is 28.0. The number of nitrogens with one attached hydrogen (secondary N) is 2. The van der Waals surface area contributed by atoms with Gasteiger partial charge in [-0.15, -0.1) is 0 Å². The monoisotopic (exact) mass is 378 g/mol. The third-order valence-corrected chi connectivity index (χ3v) is 5.73. The molecule has 2 N–H and O–H groups in total. The van der Waals surface area contributed by atoms with Crippen LogP contribution in [0.25, 0.3) is 0 Å². The molecule has 1 amide bonds. The molecular weight excluding hydrogens is 360 g/mol. The molecule has 1 saturated carbocycles. The Bertz CT molecular complexity index is 917. The Morgan fingerprint density at radius 3 is 2.32 bits per heavy atom. The summed E-state index contributed by atoms with van der Waals surface area (Å²) >= 11 is 6.08. The lowest BCUT2D eigenvalue weighted by molar-refractivity contribution is 0.0951. The summed E-state index contributed by atoms with van der Waals surface area (Å²) in [6.45, 7) is 3.78. The molecule has 0 aliphatic heterocycles. The summed E-state index contributed by atoms with van der Waals surface area (Å²) in [5.74, 6) is -0.290. The van der Waals surface area contributed by atoms with Crippen LogP contribution in [0, 0.1) is 13.8 Å². The summed E-state index contributed by atoms with van der Waals surface area (Å²) in [5, 5.41) is 2.90. The number of carbonyl (C=O) groups excluding carboxylic acids is 1. The summed E-state index contributed by atoms with van der Waals surface area (Å²) in [7, 11) is -3.91. The maximum Gasteiger partial charge on any atom is 0.263 e. The molecular formula is C18H19ClN2O3S. The lowest BCUT2D eigenvalue weighted by Gasteiger charge is -2.12. The molecule has 1 aliphatic rings. The first-order chi connectivity index (χ1) is 11.7. The number of hydrogen-bond donors (Lipinski definition) is 2. The van der Waals surface area contributed by atoms with Crippen LogP contribution in [0.15, 0.2) is 41.3 Å². The lowest BCUT2D eigenvalue weighted by atomic mass is 10.1. The fraction of sp³-hybridized carbons (Fsp3) is 0.278. The van der Waals surface area contributed by atoms with Crippen molar-refractivity contribution < 1.29 is 13.2 Å². The number of hydrogen-bond acceptors (Lipinski definition) is 3. The molecule has 0 radical (unpaired) electrons. The maximum atomic E-state index is 12.7. The van der Waals surface area contributed by atoms with Crippen LogP contribution in [0.5, 0.6) is 0 Å². The second-order valence-corrected chi connectivity index (χ2v) is 8.43. The maximum absolute atomic E-state index is 12.7. The van der Waals surface area contributed by atoms with Crippen LogP contribution in [-0.4, -0.2) is 20.4 Å². The predicted octanol–water partition coefficient (Wildman–Crippen LogP) is 3.65. The summed E-state index contributed by atoms with van der Waals surface area (Å²) in [4.78, 5) is 12.0. The van der Waals surface area contributed by atoms with Crippen molar-refractivity contribution in [3.8, 4) is 0 Å². The summed E-state index contributed by atoms with van der Waals surface area (Å²) in [6, 6.07) is 9.88. The van der Waals surface area contributed by atoms with Crippen molar-refractivity contribution in [3.63, 3.8) is 0 Å². The fourth-order valence-electron chi connectivity index (χ4n) is 2.59. The van der Waals surface area contributed by atoms with Gasteiger partial charge in [0, 0.05) is 17.3 Å². The molecule has 0 heterocycles. The minimum Gasteiger partial charge on any atom is -0.349 e. The third kappa shape index (κ3) is 4.32. The largest absolute Gasteiger partial charge is 0.349 e. The number of rotatable bonds is 5. The summed E-state index contributed by atoms with van der Waals surface area (Å²) in [6.07, 6.45) is 1.91. The first-order valence-electron chi connectivity index (χ1n) is 7.96. The fourth-order valence-corrected chi connectivity index (χ4v) is 4.16. The van der Waals surface area contributed by atoms with Crippen molar-refractivity contribution in [2.24, 2.45) is 0 Å². The Balaban J connectivity index is 1.91. The Hall–Kier alpha value is -2.05. The van der Waals surface area contributed by atoms with Crippen molar-refractivity contribution in [1.82, 2.24) is 5.32 Å². The molecule has 0 bridgehead atoms. The second-order valence-electron chi connectivity index (χ2n) is 6.37. The third-order valence-electron chi connectivity index (χ3n) is 3.87. The van der Waals surface area contributed by atoms with Crippen LogP contribution < -0.4 is 10.0 Å². The van der Waals surface area contributed by atoms with Crippen LogP contribution in [0.2, 0.25) is 5.02 Å². The topological polar surface area (TPSA) is 75.3 Å². The molecule has 132 valence electrons. The number of carbonyl (C=O) groups is 1. The SMILES string of the molecule is Cc1cc(C)cc(NS(=O)(=O)c2cc(C(=O)NC3CC3)ccc2Cl)c1. The number of halogens is 1. The van der Waals surface area contributed by atoms with Crippen molar-refractivity contribution in [3.05, 3.63) is 58.1 Å². The van der Waals surface area contributed by atoms with E-state index in [0.717, 1.165) is 24.0 Å². The molecule has 0 aromatic heterocycles. The number of amides is 1. The van der Waals surface area contributed by atoms with Crippen molar-refractivity contribution in [2.75, 3.05) is 4.72 Å². The first-order valence-corrected chi connectivity index (χ1v) is 9.82. The Kier molecular flexibility index (Phi) is 4.75. The van der Waals surface area contributed by atoms with E-state index < -0.39 is 10.0 Å². The molecule has 0 atom stereocenters. The average Bonchev–Trinajstić information content (AvgIpc) is 3.29. The van der Waals surface area contributed by atoms with Gasteiger partial charge in [-0.05, 0) is 68.1 Å². The van der Waals surface area contributed by atoms with Crippen LogP contribution in [0.1, 0.15) is 34.3 Å². The van der Waals surface area contributed by atoms with Crippen LogP contribution in [0.3, 0.4) is 0 Å². The molecule has 0 unspecified atom stereocenters. The number of sulfonamides is 1.